The van der Waals surface area contributed by atoms with E-state index in [0.29, 0.717) is 12.0 Å². The van der Waals surface area contributed by atoms with Crippen LogP contribution in [0.5, 0.6) is 5.75 Å². The Labute approximate surface area is 128 Å². The lowest BCUT2D eigenvalue weighted by Gasteiger charge is -2.46. The maximum atomic E-state index is 10.9. The van der Waals surface area contributed by atoms with E-state index in [0.717, 1.165) is 37.0 Å². The number of ether oxygens (including phenoxy) is 2. The molecule has 1 aliphatic carbocycles. The van der Waals surface area contributed by atoms with E-state index in [1.807, 2.05) is 31.2 Å². The van der Waals surface area contributed by atoms with Gasteiger partial charge in [-0.2, -0.15) is 0 Å². The molecule has 0 radical (unpaired) electrons. The minimum absolute atomic E-state index is 0.347. The highest BCUT2D eigenvalue weighted by molar-refractivity contribution is 5.30. The van der Waals surface area contributed by atoms with Gasteiger partial charge < -0.3 is 14.6 Å². The number of hydrogen-bond acceptors (Lipinski definition) is 3. The third-order valence-electron chi connectivity index (χ3n) is 4.81. The number of rotatable bonds is 5. The summed E-state index contributed by atoms with van der Waals surface area (Å²) in [6, 6.07) is 7.66. The van der Waals surface area contributed by atoms with E-state index in [-0.39, 0.29) is 0 Å². The molecular formula is C18H28O3. The molecule has 0 aliphatic heterocycles. The van der Waals surface area contributed by atoms with Crippen LogP contribution in [0.1, 0.15) is 58.1 Å². The molecule has 1 aliphatic rings. The minimum atomic E-state index is -0.584. The quantitative estimate of drug-likeness (QED) is 0.888. The van der Waals surface area contributed by atoms with Gasteiger partial charge in [-0.25, -0.2) is 0 Å². The predicted molar refractivity (Wildman–Crippen MR) is 84.6 cm³/mol. The molecule has 3 heteroatoms. The largest absolute Gasteiger partial charge is 0.497 e. The highest BCUT2D eigenvalue weighted by Crippen LogP contribution is 2.47. The Bertz CT molecular complexity index is 440. The van der Waals surface area contributed by atoms with Crippen molar-refractivity contribution in [1.29, 1.82) is 0 Å². The Hall–Kier alpha value is -1.06. The van der Waals surface area contributed by atoms with Gasteiger partial charge in [0.1, 0.15) is 11.9 Å². The minimum Gasteiger partial charge on any atom is -0.497 e. The van der Waals surface area contributed by atoms with Crippen molar-refractivity contribution in [2.24, 2.45) is 5.41 Å². The van der Waals surface area contributed by atoms with E-state index in [1.165, 1.54) is 0 Å². The molecule has 0 aromatic heterocycles. The second kappa shape index (κ2) is 6.37. The van der Waals surface area contributed by atoms with Crippen molar-refractivity contribution >= 4 is 0 Å². The van der Waals surface area contributed by atoms with Crippen LogP contribution >= 0.6 is 0 Å². The lowest BCUT2D eigenvalue weighted by Crippen LogP contribution is -2.44. The summed E-state index contributed by atoms with van der Waals surface area (Å²) in [5.41, 5.74) is 0.808. The molecule has 0 saturated heterocycles. The van der Waals surface area contributed by atoms with E-state index < -0.39 is 11.7 Å². The first-order valence-electron chi connectivity index (χ1n) is 7.88. The lowest BCUT2D eigenvalue weighted by molar-refractivity contribution is -0.153. The first-order valence-corrected chi connectivity index (χ1v) is 7.88. The van der Waals surface area contributed by atoms with Crippen molar-refractivity contribution in [2.75, 3.05) is 13.7 Å². The zero-order chi connectivity index (χ0) is 15.5. The molecule has 1 aromatic rings. The van der Waals surface area contributed by atoms with Gasteiger partial charge in [0, 0.05) is 6.61 Å². The number of aliphatic hydroxyl groups excluding tert-OH is 1. The summed E-state index contributed by atoms with van der Waals surface area (Å²) in [6.45, 7) is 7.22. The van der Waals surface area contributed by atoms with Gasteiger partial charge in [-0.05, 0) is 55.7 Å². The van der Waals surface area contributed by atoms with Crippen LogP contribution in [-0.2, 0) is 4.74 Å². The molecule has 1 unspecified atom stereocenters. The summed E-state index contributed by atoms with van der Waals surface area (Å²) < 4.78 is 11.2. The second-order valence-corrected chi connectivity index (χ2v) is 6.84. The maximum Gasteiger partial charge on any atom is 0.118 e. The Morgan fingerprint density at radius 1 is 1.10 bits per heavy atom. The maximum absolute atomic E-state index is 10.9. The molecule has 0 amide bonds. The molecule has 1 aromatic carbocycles. The normalized spacial score (nSPS) is 21.8. The monoisotopic (exact) mass is 292 g/mol. The molecule has 2 rings (SSSR count). The first kappa shape index (κ1) is 16.3. The van der Waals surface area contributed by atoms with Gasteiger partial charge in [-0.15, -0.1) is 0 Å². The summed E-state index contributed by atoms with van der Waals surface area (Å²) >= 11 is 0. The molecule has 0 heterocycles. The molecular weight excluding hydrogens is 264 g/mol. The fourth-order valence-electron chi connectivity index (χ4n) is 3.22. The van der Waals surface area contributed by atoms with Crippen LogP contribution in [0.2, 0.25) is 0 Å². The van der Waals surface area contributed by atoms with Crippen LogP contribution in [0.25, 0.3) is 0 Å². The molecule has 1 atom stereocenters. The second-order valence-electron chi connectivity index (χ2n) is 6.84. The van der Waals surface area contributed by atoms with E-state index in [1.54, 1.807) is 7.11 Å². The Balaban J connectivity index is 2.20. The van der Waals surface area contributed by atoms with Crippen molar-refractivity contribution in [2.45, 2.75) is 58.2 Å². The highest BCUT2D eigenvalue weighted by Gasteiger charge is 2.44. The Morgan fingerprint density at radius 3 is 2.14 bits per heavy atom. The lowest BCUT2D eigenvalue weighted by atomic mass is 9.68. The van der Waals surface area contributed by atoms with Crippen LogP contribution in [0.4, 0.5) is 0 Å². The van der Waals surface area contributed by atoms with E-state index >= 15 is 0 Å². The summed E-state index contributed by atoms with van der Waals surface area (Å²) in [4.78, 5) is 0. The van der Waals surface area contributed by atoms with Gasteiger partial charge in [0.15, 0.2) is 0 Å². The molecule has 21 heavy (non-hydrogen) atoms. The topological polar surface area (TPSA) is 38.7 Å². The Morgan fingerprint density at radius 2 is 1.67 bits per heavy atom. The van der Waals surface area contributed by atoms with Gasteiger partial charge in [-0.3, -0.25) is 0 Å². The smallest absolute Gasteiger partial charge is 0.118 e. The van der Waals surface area contributed by atoms with Crippen LogP contribution < -0.4 is 4.74 Å². The number of benzene rings is 1. The van der Waals surface area contributed by atoms with Gasteiger partial charge >= 0.3 is 0 Å². The third-order valence-corrected chi connectivity index (χ3v) is 4.81. The molecule has 1 N–H and O–H groups in total. The van der Waals surface area contributed by atoms with Crippen molar-refractivity contribution < 1.29 is 14.6 Å². The van der Waals surface area contributed by atoms with E-state index in [9.17, 15) is 5.11 Å². The standard InChI is InChI=1S/C18H28O3/c1-5-21-18(12-10-17(2,3)11-13-18)16(19)14-6-8-15(20-4)9-7-14/h6-9,16,19H,5,10-13H2,1-4H3. The summed E-state index contributed by atoms with van der Waals surface area (Å²) in [5, 5.41) is 10.9. The summed E-state index contributed by atoms with van der Waals surface area (Å²) in [6.07, 6.45) is 3.39. The van der Waals surface area contributed by atoms with Crippen LogP contribution in [-0.4, -0.2) is 24.4 Å². The van der Waals surface area contributed by atoms with Crippen LogP contribution in [0.3, 0.4) is 0 Å². The number of aliphatic hydroxyl groups is 1. The fraction of sp³-hybridized carbons (Fsp3) is 0.667. The number of hydrogen-bond donors (Lipinski definition) is 1. The molecule has 0 bridgehead atoms. The van der Waals surface area contributed by atoms with Crippen LogP contribution in [0.15, 0.2) is 24.3 Å². The van der Waals surface area contributed by atoms with Crippen molar-refractivity contribution in [1.82, 2.24) is 0 Å². The van der Waals surface area contributed by atoms with Gasteiger partial charge in [0.25, 0.3) is 0 Å². The first-order chi connectivity index (χ1) is 9.92. The SMILES string of the molecule is CCOC1(C(O)c2ccc(OC)cc2)CCC(C)(C)CC1. The third kappa shape index (κ3) is 3.58. The number of methoxy groups -OCH3 is 1. The molecule has 0 spiro atoms. The van der Waals surface area contributed by atoms with Gasteiger partial charge in [0.2, 0.25) is 0 Å². The zero-order valence-corrected chi connectivity index (χ0v) is 13.7. The summed E-state index contributed by atoms with van der Waals surface area (Å²) in [5.74, 6) is 0.807. The molecule has 118 valence electrons. The fourth-order valence-corrected chi connectivity index (χ4v) is 3.22. The van der Waals surface area contributed by atoms with Gasteiger partial charge in [0.05, 0.1) is 12.7 Å². The van der Waals surface area contributed by atoms with E-state index in [2.05, 4.69) is 13.8 Å². The zero-order valence-electron chi connectivity index (χ0n) is 13.7. The molecule has 1 saturated carbocycles. The summed E-state index contributed by atoms with van der Waals surface area (Å²) in [7, 11) is 1.65. The highest BCUT2D eigenvalue weighted by atomic mass is 16.5. The molecule has 3 nitrogen and oxygen atoms in total. The average molecular weight is 292 g/mol. The van der Waals surface area contributed by atoms with E-state index in [4.69, 9.17) is 9.47 Å². The van der Waals surface area contributed by atoms with Crippen LogP contribution in [0, 0.1) is 5.41 Å². The molecule has 1 fully saturated rings. The van der Waals surface area contributed by atoms with Crippen molar-refractivity contribution in [3.8, 4) is 5.75 Å². The van der Waals surface area contributed by atoms with Crippen molar-refractivity contribution in [3.63, 3.8) is 0 Å². The average Bonchev–Trinajstić information content (AvgIpc) is 2.49. The van der Waals surface area contributed by atoms with Crippen molar-refractivity contribution in [3.05, 3.63) is 29.8 Å². The Kier molecular flexibility index (Phi) is 4.95. The van der Waals surface area contributed by atoms with Gasteiger partial charge in [-0.1, -0.05) is 26.0 Å². The predicted octanol–water partition coefficient (Wildman–Crippen LogP) is 4.10.